The largest absolute Gasteiger partial charge is 0.489 e. The fourth-order valence-electron chi connectivity index (χ4n) is 2.47. The highest BCUT2D eigenvalue weighted by Crippen LogP contribution is 2.44. The smallest absolute Gasteiger partial charge is 0.180 e. The van der Waals surface area contributed by atoms with Crippen LogP contribution in [0.2, 0.25) is 5.02 Å². The zero-order valence-corrected chi connectivity index (χ0v) is 12.3. The van der Waals surface area contributed by atoms with Gasteiger partial charge in [-0.25, -0.2) is 0 Å². The summed E-state index contributed by atoms with van der Waals surface area (Å²) >= 11 is 6.31. The number of aliphatic hydroxyl groups excluding tert-OH is 1. The lowest BCUT2D eigenvalue weighted by molar-refractivity contribution is 0.287. The predicted octanol–water partition coefficient (Wildman–Crippen LogP) is 3.55. The summed E-state index contributed by atoms with van der Waals surface area (Å²) in [5.74, 6) is 1.81. The van der Waals surface area contributed by atoms with Gasteiger partial charge in [-0.2, -0.15) is 0 Å². The van der Waals surface area contributed by atoms with Crippen LogP contribution in [-0.2, 0) is 6.42 Å². The molecule has 1 aromatic carbocycles. The van der Waals surface area contributed by atoms with Crippen molar-refractivity contribution in [3.63, 3.8) is 0 Å². The number of aliphatic hydroxyl groups is 1. The third-order valence-electron chi connectivity index (χ3n) is 3.28. The van der Waals surface area contributed by atoms with Crippen LogP contribution in [0.5, 0.6) is 11.5 Å². The van der Waals surface area contributed by atoms with Crippen LogP contribution in [0, 0.1) is 0 Å². The molecule has 106 valence electrons. The molecule has 0 bridgehead atoms. The van der Waals surface area contributed by atoms with Crippen LogP contribution in [0.4, 0.5) is 0 Å². The molecule has 0 amide bonds. The van der Waals surface area contributed by atoms with Gasteiger partial charge < -0.3 is 14.6 Å². The summed E-state index contributed by atoms with van der Waals surface area (Å²) in [6.07, 6.45) is 2.41. The fraction of sp³-hybridized carbons (Fsp3) is 0.600. The summed E-state index contributed by atoms with van der Waals surface area (Å²) in [6, 6.07) is 1.96. The Bertz CT molecular complexity index is 444. The summed E-state index contributed by atoms with van der Waals surface area (Å²) < 4.78 is 11.6. The van der Waals surface area contributed by atoms with E-state index in [1.807, 2.05) is 6.07 Å². The molecule has 0 aromatic heterocycles. The Balaban J connectivity index is 2.50. The van der Waals surface area contributed by atoms with Crippen molar-refractivity contribution in [3.05, 3.63) is 22.2 Å². The van der Waals surface area contributed by atoms with Crippen LogP contribution in [0.25, 0.3) is 0 Å². The maximum Gasteiger partial charge on any atom is 0.180 e. The normalized spacial score (nSPS) is 14.6. The van der Waals surface area contributed by atoms with Gasteiger partial charge in [0.15, 0.2) is 11.5 Å². The molecule has 1 heterocycles. The van der Waals surface area contributed by atoms with Gasteiger partial charge in [0.1, 0.15) is 0 Å². The molecule has 0 fully saturated rings. The first-order valence-corrected chi connectivity index (χ1v) is 7.24. The predicted molar refractivity (Wildman–Crippen MR) is 76.6 cm³/mol. The molecule has 2 rings (SSSR count). The van der Waals surface area contributed by atoms with E-state index in [1.165, 1.54) is 0 Å². The minimum atomic E-state index is 0.184. The molecule has 0 saturated heterocycles. The Labute approximate surface area is 119 Å². The van der Waals surface area contributed by atoms with E-state index in [-0.39, 0.29) is 6.61 Å². The number of aryl methyl sites for hydroxylation is 1. The lowest BCUT2D eigenvalue weighted by atomic mass is 9.93. The van der Waals surface area contributed by atoms with Crippen molar-refractivity contribution in [3.8, 4) is 11.5 Å². The summed E-state index contributed by atoms with van der Waals surface area (Å²) in [5, 5.41) is 9.63. The van der Waals surface area contributed by atoms with Gasteiger partial charge >= 0.3 is 0 Å². The van der Waals surface area contributed by atoms with Crippen molar-refractivity contribution >= 4 is 11.6 Å². The highest BCUT2D eigenvalue weighted by molar-refractivity contribution is 6.32. The molecule has 1 aromatic rings. The van der Waals surface area contributed by atoms with Crippen LogP contribution in [-0.4, -0.2) is 24.9 Å². The second-order valence-electron chi connectivity index (χ2n) is 5.12. The standard InChI is InChI=1S/C15H21ClO3/c1-10(2)13-11(5-3-6-17)9-12(16)14-15(13)19-8-4-7-18-14/h9-10,17H,3-8H2,1-2H3. The van der Waals surface area contributed by atoms with Gasteiger partial charge in [0.25, 0.3) is 0 Å². The number of hydrogen-bond donors (Lipinski definition) is 1. The monoisotopic (exact) mass is 284 g/mol. The molecular weight excluding hydrogens is 264 g/mol. The second kappa shape index (κ2) is 6.49. The quantitative estimate of drug-likeness (QED) is 0.919. The van der Waals surface area contributed by atoms with E-state index in [1.54, 1.807) is 0 Å². The van der Waals surface area contributed by atoms with Gasteiger partial charge in [-0.1, -0.05) is 25.4 Å². The molecule has 1 N–H and O–H groups in total. The van der Waals surface area contributed by atoms with Gasteiger partial charge in [0.05, 0.1) is 18.2 Å². The zero-order valence-electron chi connectivity index (χ0n) is 11.5. The summed E-state index contributed by atoms with van der Waals surface area (Å²) in [4.78, 5) is 0. The highest BCUT2D eigenvalue weighted by atomic mass is 35.5. The summed E-state index contributed by atoms with van der Waals surface area (Å²) in [6.45, 7) is 5.76. The number of fused-ring (bicyclic) bond motifs is 1. The lowest BCUT2D eigenvalue weighted by Gasteiger charge is -2.20. The van der Waals surface area contributed by atoms with E-state index in [2.05, 4.69) is 13.8 Å². The molecule has 0 radical (unpaired) electrons. The van der Waals surface area contributed by atoms with Crippen molar-refractivity contribution < 1.29 is 14.6 Å². The molecule has 19 heavy (non-hydrogen) atoms. The number of rotatable bonds is 4. The molecule has 1 aliphatic rings. The first-order valence-electron chi connectivity index (χ1n) is 6.87. The van der Waals surface area contributed by atoms with E-state index in [4.69, 9.17) is 26.2 Å². The Kier molecular flexibility index (Phi) is 4.94. The molecule has 4 heteroatoms. The van der Waals surface area contributed by atoms with E-state index in [9.17, 15) is 0 Å². The highest BCUT2D eigenvalue weighted by Gasteiger charge is 2.23. The molecule has 3 nitrogen and oxygen atoms in total. The minimum absolute atomic E-state index is 0.184. The molecule has 0 spiro atoms. The van der Waals surface area contributed by atoms with Gasteiger partial charge in [-0.3, -0.25) is 0 Å². The average Bonchev–Trinajstić information content (AvgIpc) is 2.61. The molecule has 0 aliphatic carbocycles. The average molecular weight is 285 g/mol. The molecule has 0 saturated carbocycles. The summed E-state index contributed by atoms with van der Waals surface area (Å²) in [7, 11) is 0. The fourth-order valence-corrected chi connectivity index (χ4v) is 2.74. The van der Waals surface area contributed by atoms with Gasteiger partial charge in [-0.15, -0.1) is 0 Å². The maximum absolute atomic E-state index is 9.02. The topological polar surface area (TPSA) is 38.7 Å². The first kappa shape index (κ1) is 14.5. The summed E-state index contributed by atoms with van der Waals surface area (Å²) in [5.41, 5.74) is 2.31. The molecular formula is C15H21ClO3. The molecule has 0 unspecified atom stereocenters. The van der Waals surface area contributed by atoms with Crippen molar-refractivity contribution in [1.82, 2.24) is 0 Å². The minimum Gasteiger partial charge on any atom is -0.489 e. The number of halogens is 1. The van der Waals surface area contributed by atoms with Crippen LogP contribution in [0.3, 0.4) is 0 Å². The molecule has 1 aliphatic heterocycles. The first-order chi connectivity index (χ1) is 9.15. The van der Waals surface area contributed by atoms with Crippen molar-refractivity contribution in [2.45, 2.75) is 39.0 Å². The third kappa shape index (κ3) is 3.15. The Morgan fingerprint density at radius 1 is 1.26 bits per heavy atom. The molecule has 0 atom stereocenters. The number of benzene rings is 1. The van der Waals surface area contributed by atoms with Crippen molar-refractivity contribution in [2.75, 3.05) is 19.8 Å². The van der Waals surface area contributed by atoms with Crippen LogP contribution < -0.4 is 9.47 Å². The van der Waals surface area contributed by atoms with E-state index < -0.39 is 0 Å². The SMILES string of the molecule is CC(C)c1c(CCCO)cc(Cl)c2c1OCCCO2. The van der Waals surface area contributed by atoms with Gasteiger partial charge in [0, 0.05) is 18.6 Å². The number of ether oxygens (including phenoxy) is 2. The van der Waals surface area contributed by atoms with E-state index in [0.29, 0.717) is 29.9 Å². The van der Waals surface area contributed by atoms with E-state index >= 15 is 0 Å². The number of hydrogen-bond acceptors (Lipinski definition) is 3. The second-order valence-corrected chi connectivity index (χ2v) is 5.53. The Hall–Kier alpha value is -0.930. The van der Waals surface area contributed by atoms with Crippen LogP contribution in [0.1, 0.15) is 43.7 Å². The Morgan fingerprint density at radius 3 is 2.58 bits per heavy atom. The zero-order chi connectivity index (χ0) is 13.8. The third-order valence-corrected chi connectivity index (χ3v) is 3.56. The van der Waals surface area contributed by atoms with Crippen LogP contribution in [0.15, 0.2) is 6.07 Å². The Morgan fingerprint density at radius 2 is 1.95 bits per heavy atom. The van der Waals surface area contributed by atoms with E-state index in [0.717, 1.165) is 36.1 Å². The van der Waals surface area contributed by atoms with Crippen molar-refractivity contribution in [1.29, 1.82) is 0 Å². The van der Waals surface area contributed by atoms with Gasteiger partial charge in [0.2, 0.25) is 0 Å². The maximum atomic E-state index is 9.02. The van der Waals surface area contributed by atoms with Gasteiger partial charge in [-0.05, 0) is 30.4 Å². The van der Waals surface area contributed by atoms with Crippen LogP contribution >= 0.6 is 11.6 Å². The van der Waals surface area contributed by atoms with Crippen molar-refractivity contribution in [2.24, 2.45) is 0 Å². The lowest BCUT2D eigenvalue weighted by Crippen LogP contribution is -2.04.